The molecular weight excluding hydrogens is 264 g/mol. The van der Waals surface area contributed by atoms with Gasteiger partial charge in [-0.05, 0) is 48.2 Å². The molecule has 0 aliphatic rings. The number of rotatable bonds is 2. The number of benzene rings is 2. The van der Waals surface area contributed by atoms with Gasteiger partial charge in [0.15, 0.2) is 0 Å². The van der Waals surface area contributed by atoms with Crippen molar-refractivity contribution in [2.45, 2.75) is 13.3 Å². The van der Waals surface area contributed by atoms with Crippen molar-refractivity contribution in [1.29, 1.82) is 0 Å². The monoisotopic (exact) mass is 276 g/mol. The molecule has 2 heteroatoms. The fourth-order valence-corrected chi connectivity index (χ4v) is 1.91. The summed E-state index contributed by atoms with van der Waals surface area (Å²) in [6.45, 7) is 2.09. The summed E-state index contributed by atoms with van der Waals surface area (Å²) in [7, 11) is 0. The predicted octanol–water partition coefficient (Wildman–Crippen LogP) is 4.05. The molecule has 0 amide bonds. The van der Waals surface area contributed by atoms with Crippen LogP contribution in [0.15, 0.2) is 46.9 Å². The van der Waals surface area contributed by atoms with Gasteiger partial charge in [0.2, 0.25) is 0 Å². The second-order valence-corrected chi connectivity index (χ2v) is 4.78. The van der Waals surface area contributed by atoms with Gasteiger partial charge in [0.25, 0.3) is 0 Å². The van der Waals surface area contributed by atoms with Gasteiger partial charge in [-0.3, -0.25) is 0 Å². The molecule has 82 valence electrons. The van der Waals surface area contributed by atoms with Crippen molar-refractivity contribution in [2.75, 3.05) is 0 Å². The van der Waals surface area contributed by atoms with Gasteiger partial charge in [-0.25, -0.2) is 0 Å². The second kappa shape index (κ2) is 4.71. The van der Waals surface area contributed by atoms with Crippen LogP contribution in [0.2, 0.25) is 0 Å². The van der Waals surface area contributed by atoms with E-state index in [9.17, 15) is 5.11 Å². The van der Waals surface area contributed by atoms with Crippen LogP contribution in [-0.4, -0.2) is 5.11 Å². The summed E-state index contributed by atoms with van der Waals surface area (Å²) in [6, 6.07) is 13.7. The number of hydrogen-bond acceptors (Lipinski definition) is 1. The van der Waals surface area contributed by atoms with E-state index in [2.05, 4.69) is 41.1 Å². The highest BCUT2D eigenvalue weighted by molar-refractivity contribution is 9.10. The summed E-state index contributed by atoms with van der Waals surface area (Å²) in [4.78, 5) is 0. The fraction of sp³-hybridized carbons (Fsp3) is 0.143. The maximum atomic E-state index is 9.20. The van der Waals surface area contributed by atoms with Gasteiger partial charge in [-0.1, -0.05) is 40.2 Å². The molecule has 2 aromatic rings. The molecule has 0 aliphatic carbocycles. The number of hydrogen-bond donors (Lipinski definition) is 1. The van der Waals surface area contributed by atoms with E-state index >= 15 is 0 Å². The van der Waals surface area contributed by atoms with Crippen LogP contribution in [0.4, 0.5) is 0 Å². The van der Waals surface area contributed by atoms with Crippen LogP contribution in [-0.2, 0) is 6.42 Å². The van der Waals surface area contributed by atoms with E-state index < -0.39 is 0 Å². The van der Waals surface area contributed by atoms with E-state index in [1.807, 2.05) is 12.1 Å². The highest BCUT2D eigenvalue weighted by atomic mass is 79.9. The van der Waals surface area contributed by atoms with Crippen molar-refractivity contribution in [2.24, 2.45) is 0 Å². The first-order valence-electron chi connectivity index (χ1n) is 5.18. The van der Waals surface area contributed by atoms with E-state index in [0.717, 1.165) is 10.9 Å². The Morgan fingerprint density at radius 3 is 2.25 bits per heavy atom. The quantitative estimate of drug-likeness (QED) is 0.877. The molecule has 2 rings (SSSR count). The van der Waals surface area contributed by atoms with Crippen molar-refractivity contribution in [3.8, 4) is 5.75 Å². The van der Waals surface area contributed by atoms with E-state index in [0.29, 0.717) is 5.75 Å². The predicted molar refractivity (Wildman–Crippen MR) is 69.8 cm³/mol. The molecule has 1 nitrogen and oxygen atoms in total. The van der Waals surface area contributed by atoms with Crippen LogP contribution < -0.4 is 0 Å². The molecule has 0 saturated carbocycles. The summed E-state index contributed by atoms with van der Waals surface area (Å²) in [5.41, 5.74) is 3.74. The van der Waals surface area contributed by atoms with Crippen molar-refractivity contribution < 1.29 is 5.11 Å². The molecule has 16 heavy (non-hydrogen) atoms. The normalized spacial score (nSPS) is 10.4. The molecule has 2 aromatic carbocycles. The zero-order chi connectivity index (χ0) is 11.5. The molecule has 0 spiro atoms. The van der Waals surface area contributed by atoms with Gasteiger partial charge in [-0.15, -0.1) is 0 Å². The summed E-state index contributed by atoms with van der Waals surface area (Å²) < 4.78 is 1.14. The molecule has 0 saturated heterocycles. The first-order valence-corrected chi connectivity index (χ1v) is 5.97. The fourth-order valence-electron chi connectivity index (χ4n) is 1.67. The lowest BCUT2D eigenvalue weighted by Gasteiger charge is -2.05. The van der Waals surface area contributed by atoms with Crippen LogP contribution in [0.25, 0.3) is 0 Å². The first-order chi connectivity index (χ1) is 7.65. The summed E-state index contributed by atoms with van der Waals surface area (Å²) in [6.07, 6.45) is 0.897. The Morgan fingerprint density at radius 2 is 1.62 bits per heavy atom. The lowest BCUT2D eigenvalue weighted by atomic mass is 10.0. The highest BCUT2D eigenvalue weighted by Crippen LogP contribution is 2.19. The molecule has 0 bridgehead atoms. The summed E-state index contributed by atoms with van der Waals surface area (Å²) in [5.74, 6) is 0.315. The third-order valence-electron chi connectivity index (χ3n) is 2.57. The van der Waals surface area contributed by atoms with Crippen molar-refractivity contribution in [3.05, 3.63) is 63.6 Å². The van der Waals surface area contributed by atoms with Crippen LogP contribution in [0.3, 0.4) is 0 Å². The zero-order valence-electron chi connectivity index (χ0n) is 9.07. The average molecular weight is 277 g/mol. The van der Waals surface area contributed by atoms with Gasteiger partial charge >= 0.3 is 0 Å². The molecular formula is C14H13BrO. The van der Waals surface area contributed by atoms with E-state index in [1.165, 1.54) is 16.7 Å². The van der Waals surface area contributed by atoms with E-state index in [-0.39, 0.29) is 0 Å². The molecule has 1 N–H and O–H groups in total. The number of phenolic OH excluding ortho intramolecular Hbond substituents is 1. The SMILES string of the molecule is Cc1cc(Cc2ccc(O)cc2)ccc1Br. The molecule has 0 unspecified atom stereocenters. The minimum atomic E-state index is 0.315. The smallest absolute Gasteiger partial charge is 0.115 e. The Bertz CT molecular complexity index is 489. The Morgan fingerprint density at radius 1 is 1.00 bits per heavy atom. The van der Waals surface area contributed by atoms with Gasteiger partial charge in [0.05, 0.1) is 0 Å². The Hall–Kier alpha value is -1.28. The van der Waals surface area contributed by atoms with Crippen molar-refractivity contribution >= 4 is 15.9 Å². The second-order valence-electron chi connectivity index (χ2n) is 3.93. The Labute approximate surface area is 104 Å². The molecule has 0 atom stereocenters. The van der Waals surface area contributed by atoms with E-state index in [1.54, 1.807) is 12.1 Å². The molecule has 0 aromatic heterocycles. The van der Waals surface area contributed by atoms with Crippen LogP contribution in [0.1, 0.15) is 16.7 Å². The number of phenols is 1. The largest absolute Gasteiger partial charge is 0.508 e. The van der Waals surface area contributed by atoms with Gasteiger partial charge in [0, 0.05) is 4.47 Å². The van der Waals surface area contributed by atoms with Crippen LogP contribution >= 0.6 is 15.9 Å². The zero-order valence-corrected chi connectivity index (χ0v) is 10.7. The minimum absolute atomic E-state index is 0.315. The third kappa shape index (κ3) is 2.64. The van der Waals surface area contributed by atoms with Crippen LogP contribution in [0.5, 0.6) is 5.75 Å². The number of aromatic hydroxyl groups is 1. The standard InChI is InChI=1S/C14H13BrO/c1-10-8-12(4-7-14(10)15)9-11-2-5-13(16)6-3-11/h2-8,16H,9H2,1H3. The van der Waals surface area contributed by atoms with Gasteiger partial charge in [0.1, 0.15) is 5.75 Å². The highest BCUT2D eigenvalue weighted by Gasteiger charge is 1.99. The lowest BCUT2D eigenvalue weighted by Crippen LogP contribution is -1.89. The number of aryl methyl sites for hydroxylation is 1. The van der Waals surface area contributed by atoms with Crippen molar-refractivity contribution in [3.63, 3.8) is 0 Å². The molecule has 0 radical (unpaired) electrons. The maximum absolute atomic E-state index is 9.20. The Balaban J connectivity index is 2.20. The molecule has 0 aliphatic heterocycles. The summed E-state index contributed by atoms with van der Waals surface area (Å²) in [5, 5.41) is 9.20. The van der Waals surface area contributed by atoms with Crippen LogP contribution in [0, 0.1) is 6.92 Å². The van der Waals surface area contributed by atoms with E-state index in [4.69, 9.17) is 0 Å². The maximum Gasteiger partial charge on any atom is 0.115 e. The summed E-state index contributed by atoms with van der Waals surface area (Å²) >= 11 is 3.49. The lowest BCUT2D eigenvalue weighted by molar-refractivity contribution is 0.475. The first kappa shape index (κ1) is 11.2. The van der Waals surface area contributed by atoms with Gasteiger partial charge < -0.3 is 5.11 Å². The molecule has 0 heterocycles. The Kier molecular flexibility index (Phi) is 3.30. The average Bonchev–Trinajstić information content (AvgIpc) is 2.27. The minimum Gasteiger partial charge on any atom is -0.508 e. The molecule has 0 fully saturated rings. The number of halogens is 1. The third-order valence-corrected chi connectivity index (χ3v) is 3.46. The topological polar surface area (TPSA) is 20.2 Å². The van der Waals surface area contributed by atoms with Crippen molar-refractivity contribution in [1.82, 2.24) is 0 Å². The van der Waals surface area contributed by atoms with Gasteiger partial charge in [-0.2, -0.15) is 0 Å².